The first kappa shape index (κ1) is 16.6. The van der Waals surface area contributed by atoms with E-state index in [1.165, 1.54) is 0 Å². The van der Waals surface area contributed by atoms with Crippen LogP contribution in [0.5, 0.6) is 0 Å². The van der Waals surface area contributed by atoms with E-state index >= 15 is 0 Å². The molecule has 17 heavy (non-hydrogen) atoms. The van der Waals surface area contributed by atoms with Crippen molar-refractivity contribution >= 4 is 13.7 Å². The van der Waals surface area contributed by atoms with Gasteiger partial charge in [-0.3, -0.25) is 13.8 Å². The molecule has 1 N–H and O–H groups in total. The molecule has 0 aliphatic carbocycles. The molecule has 1 unspecified atom stereocenters. The molecule has 0 heterocycles. The molecule has 7 heteroatoms. The van der Waals surface area contributed by atoms with Crippen LogP contribution in [0, 0.1) is 0 Å². The number of ether oxygens (including phenoxy) is 1. The van der Waals surface area contributed by atoms with Gasteiger partial charge in [0.2, 0.25) is 0 Å². The van der Waals surface area contributed by atoms with E-state index in [1.54, 1.807) is 27.7 Å². The van der Waals surface area contributed by atoms with Gasteiger partial charge < -0.3 is 4.74 Å². The van der Waals surface area contributed by atoms with E-state index in [0.29, 0.717) is 6.42 Å². The van der Waals surface area contributed by atoms with Gasteiger partial charge in [0.15, 0.2) is 0 Å². The molecule has 0 bridgehead atoms. The molecule has 0 spiro atoms. The number of nitrogens with one attached hydrogen (secondary N) is 1. The molecule has 102 valence electrons. The molecule has 0 fully saturated rings. The van der Waals surface area contributed by atoms with Crippen molar-refractivity contribution in [2.24, 2.45) is 0 Å². The predicted octanol–water partition coefficient (Wildman–Crippen LogP) is 2.10. The van der Waals surface area contributed by atoms with Gasteiger partial charge in [-0.25, -0.2) is 9.65 Å². The van der Waals surface area contributed by atoms with Gasteiger partial charge in [-0.2, -0.15) is 0 Å². The summed E-state index contributed by atoms with van der Waals surface area (Å²) >= 11 is 0. The summed E-state index contributed by atoms with van der Waals surface area (Å²) in [5, 5.41) is 2.60. The minimum absolute atomic E-state index is 0.240. The number of hydrogen-bond donors (Lipinski definition) is 1. The Morgan fingerprint density at radius 1 is 1.12 bits per heavy atom. The second-order valence-electron chi connectivity index (χ2n) is 3.17. The lowest BCUT2D eigenvalue weighted by atomic mass is 10.2. The fourth-order valence-corrected chi connectivity index (χ4v) is 2.77. The molecular formula is C10H22NO5P. The third-order valence-electron chi connectivity index (χ3n) is 1.89. The summed E-state index contributed by atoms with van der Waals surface area (Å²) in [7, 11) is -3.42. The smallest absolute Gasteiger partial charge is 0.406 e. The molecule has 0 aliphatic heterocycles. The van der Waals surface area contributed by atoms with E-state index in [2.05, 4.69) is 5.09 Å². The van der Waals surface area contributed by atoms with Crippen molar-refractivity contribution in [3.8, 4) is 0 Å². The zero-order valence-electron chi connectivity index (χ0n) is 10.9. The summed E-state index contributed by atoms with van der Waals surface area (Å²) in [5.74, 6) is -0.449. The van der Waals surface area contributed by atoms with Crippen molar-refractivity contribution in [1.82, 2.24) is 5.09 Å². The summed E-state index contributed by atoms with van der Waals surface area (Å²) in [5.41, 5.74) is 0. The summed E-state index contributed by atoms with van der Waals surface area (Å²) < 4.78 is 27.1. The Labute approximate surface area is 103 Å². The van der Waals surface area contributed by atoms with Gasteiger partial charge in [0.25, 0.3) is 0 Å². The van der Waals surface area contributed by atoms with Crippen molar-refractivity contribution in [2.45, 2.75) is 40.2 Å². The molecule has 0 radical (unpaired) electrons. The van der Waals surface area contributed by atoms with E-state index in [-0.39, 0.29) is 19.8 Å². The fraction of sp³-hybridized carbons (Fsp3) is 0.900. The zero-order chi connectivity index (χ0) is 13.3. The fourth-order valence-electron chi connectivity index (χ4n) is 1.20. The SMILES string of the molecule is CCOC(=O)C(CC)NP(=O)(OCC)OCC. The summed E-state index contributed by atoms with van der Waals surface area (Å²) in [6.45, 7) is 7.68. The van der Waals surface area contributed by atoms with Gasteiger partial charge in [-0.1, -0.05) is 6.92 Å². The minimum Gasteiger partial charge on any atom is -0.465 e. The molecule has 0 aromatic rings. The highest BCUT2D eigenvalue weighted by molar-refractivity contribution is 7.51. The Bertz CT molecular complexity index is 261. The third-order valence-corrected chi connectivity index (χ3v) is 3.72. The van der Waals surface area contributed by atoms with E-state index in [9.17, 15) is 9.36 Å². The maximum absolute atomic E-state index is 12.1. The Morgan fingerprint density at radius 2 is 1.65 bits per heavy atom. The first-order valence-electron chi connectivity index (χ1n) is 5.86. The van der Waals surface area contributed by atoms with Gasteiger partial charge in [-0.15, -0.1) is 0 Å². The highest BCUT2D eigenvalue weighted by Crippen LogP contribution is 2.44. The van der Waals surface area contributed by atoms with Crippen molar-refractivity contribution in [3.05, 3.63) is 0 Å². The van der Waals surface area contributed by atoms with Crippen molar-refractivity contribution in [1.29, 1.82) is 0 Å². The van der Waals surface area contributed by atoms with Gasteiger partial charge >= 0.3 is 13.7 Å². The highest BCUT2D eigenvalue weighted by Gasteiger charge is 2.31. The molecule has 0 saturated heterocycles. The monoisotopic (exact) mass is 267 g/mol. The van der Waals surface area contributed by atoms with Crippen LogP contribution in [-0.2, 0) is 23.1 Å². The second kappa shape index (κ2) is 8.64. The lowest BCUT2D eigenvalue weighted by molar-refractivity contribution is -0.145. The van der Waals surface area contributed by atoms with Crippen LogP contribution in [0.15, 0.2) is 0 Å². The number of esters is 1. The Hall–Kier alpha value is -0.420. The normalized spacial score (nSPS) is 13.4. The lowest BCUT2D eigenvalue weighted by Crippen LogP contribution is -2.36. The maximum Gasteiger partial charge on any atom is 0.406 e. The zero-order valence-corrected chi connectivity index (χ0v) is 11.8. The average Bonchev–Trinajstić information content (AvgIpc) is 2.27. The summed E-state index contributed by atoms with van der Waals surface area (Å²) in [4.78, 5) is 11.5. The molecule has 0 saturated carbocycles. The average molecular weight is 267 g/mol. The molecule has 0 amide bonds. The van der Waals surface area contributed by atoms with E-state index in [0.717, 1.165) is 0 Å². The summed E-state index contributed by atoms with van der Waals surface area (Å²) in [6, 6.07) is -0.682. The topological polar surface area (TPSA) is 73.9 Å². The summed E-state index contributed by atoms with van der Waals surface area (Å²) in [6.07, 6.45) is 0.447. The van der Waals surface area contributed by atoms with Gasteiger partial charge in [0, 0.05) is 0 Å². The Kier molecular flexibility index (Phi) is 8.43. The van der Waals surface area contributed by atoms with E-state index in [4.69, 9.17) is 13.8 Å². The number of carbonyl (C=O) groups is 1. The van der Waals surface area contributed by atoms with E-state index in [1.807, 2.05) is 0 Å². The van der Waals surface area contributed by atoms with Crippen LogP contribution >= 0.6 is 7.75 Å². The quantitative estimate of drug-likeness (QED) is 0.509. The van der Waals surface area contributed by atoms with Crippen LogP contribution in [-0.4, -0.2) is 31.8 Å². The standard InChI is InChI=1S/C10H22NO5P/c1-5-9(10(12)14-6-2)11-17(13,15-7-3)16-8-4/h9H,5-8H2,1-4H3,(H,11,13). The first-order valence-corrected chi connectivity index (χ1v) is 7.40. The van der Waals surface area contributed by atoms with Crippen LogP contribution < -0.4 is 5.09 Å². The third kappa shape index (κ3) is 6.17. The Morgan fingerprint density at radius 3 is 2.00 bits per heavy atom. The van der Waals surface area contributed by atoms with Crippen LogP contribution in [0.25, 0.3) is 0 Å². The Balaban J connectivity index is 4.59. The molecule has 0 aromatic carbocycles. The molecule has 0 aliphatic rings. The molecule has 6 nitrogen and oxygen atoms in total. The van der Waals surface area contributed by atoms with Gasteiger partial charge in [0.05, 0.1) is 19.8 Å². The van der Waals surface area contributed by atoms with Crippen LogP contribution in [0.2, 0.25) is 0 Å². The molecule has 0 aromatic heterocycles. The lowest BCUT2D eigenvalue weighted by Gasteiger charge is -2.22. The number of carbonyl (C=O) groups excluding carboxylic acids is 1. The highest BCUT2D eigenvalue weighted by atomic mass is 31.2. The predicted molar refractivity (Wildman–Crippen MR) is 64.7 cm³/mol. The molecule has 1 atom stereocenters. The van der Waals surface area contributed by atoms with E-state index < -0.39 is 19.8 Å². The van der Waals surface area contributed by atoms with Crippen molar-refractivity contribution in [3.63, 3.8) is 0 Å². The molecule has 0 rings (SSSR count). The minimum atomic E-state index is -3.42. The van der Waals surface area contributed by atoms with Crippen LogP contribution in [0.4, 0.5) is 0 Å². The largest absolute Gasteiger partial charge is 0.465 e. The van der Waals surface area contributed by atoms with Crippen LogP contribution in [0.1, 0.15) is 34.1 Å². The van der Waals surface area contributed by atoms with Crippen LogP contribution in [0.3, 0.4) is 0 Å². The van der Waals surface area contributed by atoms with Gasteiger partial charge in [-0.05, 0) is 27.2 Å². The number of hydrogen-bond acceptors (Lipinski definition) is 5. The number of rotatable bonds is 9. The molecular weight excluding hydrogens is 245 g/mol. The van der Waals surface area contributed by atoms with Gasteiger partial charge in [0.1, 0.15) is 6.04 Å². The second-order valence-corrected chi connectivity index (χ2v) is 4.94. The van der Waals surface area contributed by atoms with Crippen molar-refractivity contribution < 1.29 is 23.1 Å². The van der Waals surface area contributed by atoms with Crippen molar-refractivity contribution in [2.75, 3.05) is 19.8 Å². The maximum atomic E-state index is 12.1. The first-order chi connectivity index (χ1) is 8.02.